The number of aliphatic hydroxyl groups excluding tert-OH is 1. The van der Waals surface area contributed by atoms with Gasteiger partial charge >= 0.3 is 6.09 Å². The number of carbonyl (C=O) groups is 1. The van der Waals surface area contributed by atoms with E-state index in [1.807, 2.05) is 32.9 Å². The monoisotopic (exact) mass is 629 g/mol. The van der Waals surface area contributed by atoms with E-state index in [9.17, 15) is 9.90 Å². The van der Waals surface area contributed by atoms with E-state index < -0.39 is 28.3 Å². The molecule has 8 heteroatoms. The third-order valence-corrected chi connectivity index (χ3v) is 18.0. The first-order valence-corrected chi connectivity index (χ1v) is 20.6. The maximum absolute atomic E-state index is 13.1. The molecule has 0 heterocycles. The number of alkyl carbamates (subject to hydrolysis) is 1. The molecule has 2 aromatic carbocycles. The molecule has 0 aliphatic carbocycles. The van der Waals surface area contributed by atoms with Gasteiger partial charge in [-0.2, -0.15) is 0 Å². The minimum Gasteiger partial charge on any atom is -0.444 e. The molecule has 0 aliphatic rings. The zero-order valence-corrected chi connectivity index (χ0v) is 30.8. The molecule has 6 nitrogen and oxygen atoms in total. The van der Waals surface area contributed by atoms with E-state index in [0.29, 0.717) is 26.1 Å². The lowest BCUT2D eigenvalue weighted by Crippen LogP contribution is -2.67. The van der Waals surface area contributed by atoms with Gasteiger partial charge in [0.05, 0.1) is 12.6 Å². The molecule has 0 aromatic heterocycles. The number of nitrogens with one attached hydrogen (secondary N) is 1. The Hall–Kier alpha value is -1.98. The fraction of sp³-hybridized carbons (Fsp3) is 0.629. The molecule has 0 bridgehead atoms. The summed E-state index contributed by atoms with van der Waals surface area (Å²) in [5.74, 6) is 0.143. The molecule has 1 unspecified atom stereocenters. The minimum atomic E-state index is -2.82. The zero-order valence-electron chi connectivity index (χ0n) is 28.8. The van der Waals surface area contributed by atoms with E-state index in [-0.39, 0.29) is 28.6 Å². The number of ether oxygens (including phenoxy) is 1. The lowest BCUT2D eigenvalue weighted by atomic mass is 9.96. The number of carbonyl (C=O) groups excluding carboxylic acids is 1. The van der Waals surface area contributed by atoms with E-state index in [0.717, 1.165) is 6.42 Å². The molecule has 2 atom stereocenters. The highest BCUT2D eigenvalue weighted by Gasteiger charge is 2.50. The summed E-state index contributed by atoms with van der Waals surface area (Å²) >= 11 is 0. The molecule has 0 fully saturated rings. The quantitative estimate of drug-likeness (QED) is 0.215. The number of rotatable bonds is 14. The first-order chi connectivity index (χ1) is 19.8. The smallest absolute Gasteiger partial charge is 0.407 e. The van der Waals surface area contributed by atoms with Crippen molar-refractivity contribution in [1.29, 1.82) is 0 Å². The van der Waals surface area contributed by atoms with Crippen LogP contribution in [0.25, 0.3) is 0 Å². The second kappa shape index (κ2) is 15.3. The molecule has 0 radical (unpaired) electrons. The van der Waals surface area contributed by atoms with Gasteiger partial charge in [0.25, 0.3) is 8.32 Å². The Morgan fingerprint density at radius 2 is 1.30 bits per heavy atom. The molecule has 242 valence electrons. The molecule has 0 saturated heterocycles. The van der Waals surface area contributed by atoms with Gasteiger partial charge in [0.1, 0.15) is 5.60 Å². The molecule has 0 aliphatic heterocycles. The summed E-state index contributed by atoms with van der Waals surface area (Å²) in [5.41, 5.74) is -0.616. The Morgan fingerprint density at radius 1 is 0.791 bits per heavy atom. The van der Waals surface area contributed by atoms with Crippen LogP contribution in [0.5, 0.6) is 0 Å². The number of hydrogen-bond donors (Lipinski definition) is 2. The first kappa shape index (κ1) is 37.2. The van der Waals surface area contributed by atoms with E-state index in [4.69, 9.17) is 13.6 Å². The van der Waals surface area contributed by atoms with Gasteiger partial charge in [-0.15, -0.1) is 0 Å². The van der Waals surface area contributed by atoms with Crippen molar-refractivity contribution >= 4 is 33.1 Å². The lowest BCUT2D eigenvalue weighted by molar-refractivity contribution is 0.0468. The molecule has 2 N–H and O–H groups in total. The van der Waals surface area contributed by atoms with Crippen LogP contribution in [0.1, 0.15) is 81.6 Å². The summed E-state index contributed by atoms with van der Waals surface area (Å²) in [6, 6.07) is 20.8. The second-order valence-corrected chi connectivity index (χ2v) is 24.5. The van der Waals surface area contributed by atoms with Crippen molar-refractivity contribution in [3.05, 3.63) is 60.7 Å². The average Bonchev–Trinajstić information content (AvgIpc) is 2.89. The van der Waals surface area contributed by atoms with Gasteiger partial charge in [0.15, 0.2) is 8.32 Å². The van der Waals surface area contributed by atoms with E-state index in [1.54, 1.807) is 0 Å². The Balaban J connectivity index is 2.49. The fourth-order valence-corrected chi connectivity index (χ4v) is 10.9. The van der Waals surface area contributed by atoms with Gasteiger partial charge < -0.3 is 24.0 Å². The Labute approximate surface area is 264 Å². The van der Waals surface area contributed by atoms with Gasteiger partial charge in [0, 0.05) is 13.2 Å². The van der Waals surface area contributed by atoms with Crippen molar-refractivity contribution in [1.82, 2.24) is 5.32 Å². The number of benzene rings is 2. The summed E-state index contributed by atoms with van der Waals surface area (Å²) in [6.07, 6.45) is 1.69. The number of hydrogen-bond acceptors (Lipinski definition) is 5. The standard InChI is InChI=1S/C35H59NO5Si2/c1-33(2,3)41-32(38)36-29(25-28(19-18-24-37)26-39-42(10,11)34(4,5)6)27-40-43(35(7,8)9,30-20-14-12-15-21-30)31-22-16-13-17-23-31/h12-17,20-23,28-29,37H,18-19,24-27H2,1-11H3,(H,36,38)/t28-,29?/m1/s1. The molecule has 1 amide bonds. The van der Waals surface area contributed by atoms with Crippen LogP contribution >= 0.6 is 0 Å². The second-order valence-electron chi connectivity index (χ2n) is 15.4. The Morgan fingerprint density at radius 3 is 1.72 bits per heavy atom. The van der Waals surface area contributed by atoms with Crippen LogP contribution < -0.4 is 15.7 Å². The van der Waals surface area contributed by atoms with Crippen molar-refractivity contribution in [2.75, 3.05) is 19.8 Å². The molecule has 2 rings (SSSR count). The Kier molecular flexibility index (Phi) is 13.3. The van der Waals surface area contributed by atoms with Crippen molar-refractivity contribution in [3.8, 4) is 0 Å². The van der Waals surface area contributed by atoms with Crippen molar-refractivity contribution in [2.24, 2.45) is 5.92 Å². The molecule has 0 spiro atoms. The normalized spacial score (nSPS) is 14.7. The van der Waals surface area contributed by atoms with Crippen LogP contribution in [-0.4, -0.2) is 59.3 Å². The SMILES string of the molecule is CC(C)(C)OC(=O)NC(CO[Si](c1ccccc1)(c1ccccc1)C(C)(C)C)C[C@@H](CCCO)CO[Si](C)(C)C(C)(C)C. The molecule has 43 heavy (non-hydrogen) atoms. The highest BCUT2D eigenvalue weighted by atomic mass is 28.4. The summed E-state index contributed by atoms with van der Waals surface area (Å²) in [5, 5.41) is 15.2. The zero-order chi connectivity index (χ0) is 32.5. The Bertz CT molecular complexity index is 1070. The predicted octanol–water partition coefficient (Wildman–Crippen LogP) is 7.26. The van der Waals surface area contributed by atoms with Gasteiger partial charge in [-0.3, -0.25) is 0 Å². The van der Waals surface area contributed by atoms with Gasteiger partial charge in [0.2, 0.25) is 0 Å². The minimum absolute atomic E-state index is 0.0923. The van der Waals surface area contributed by atoms with Crippen LogP contribution in [0, 0.1) is 5.92 Å². The summed E-state index contributed by atoms with van der Waals surface area (Å²) < 4.78 is 19.6. The molecule has 2 aromatic rings. The third-order valence-electron chi connectivity index (χ3n) is 8.51. The largest absolute Gasteiger partial charge is 0.444 e. The molecule has 0 saturated carbocycles. The van der Waals surface area contributed by atoms with Gasteiger partial charge in [-0.25, -0.2) is 4.79 Å². The van der Waals surface area contributed by atoms with Crippen LogP contribution in [-0.2, 0) is 13.6 Å². The van der Waals surface area contributed by atoms with E-state index >= 15 is 0 Å². The number of aliphatic hydroxyl groups is 1. The number of amides is 1. The van der Waals surface area contributed by atoms with Crippen LogP contribution in [0.4, 0.5) is 4.79 Å². The molecular formula is C35H59NO5Si2. The maximum atomic E-state index is 13.1. The van der Waals surface area contributed by atoms with Crippen molar-refractivity contribution in [3.63, 3.8) is 0 Å². The van der Waals surface area contributed by atoms with E-state index in [1.165, 1.54) is 10.4 Å². The highest BCUT2D eigenvalue weighted by molar-refractivity contribution is 6.99. The highest BCUT2D eigenvalue weighted by Crippen LogP contribution is 2.38. The fourth-order valence-electron chi connectivity index (χ4n) is 5.22. The van der Waals surface area contributed by atoms with Crippen molar-refractivity contribution < 1.29 is 23.5 Å². The summed E-state index contributed by atoms with van der Waals surface area (Å²) in [7, 11) is -4.80. The van der Waals surface area contributed by atoms with Gasteiger partial charge in [-0.1, -0.05) is 102 Å². The maximum Gasteiger partial charge on any atom is 0.407 e. The first-order valence-electron chi connectivity index (χ1n) is 15.8. The van der Waals surface area contributed by atoms with Crippen LogP contribution in [0.3, 0.4) is 0 Å². The predicted molar refractivity (Wildman–Crippen MR) is 184 cm³/mol. The summed E-state index contributed by atoms with van der Waals surface area (Å²) in [6.45, 7) is 24.7. The lowest BCUT2D eigenvalue weighted by Gasteiger charge is -2.44. The van der Waals surface area contributed by atoms with E-state index in [2.05, 4.69) is 108 Å². The topological polar surface area (TPSA) is 77.0 Å². The molecular weight excluding hydrogens is 571 g/mol. The van der Waals surface area contributed by atoms with Crippen LogP contribution in [0.15, 0.2) is 60.7 Å². The average molecular weight is 630 g/mol. The van der Waals surface area contributed by atoms with Gasteiger partial charge in [-0.05, 0) is 79.5 Å². The summed E-state index contributed by atoms with van der Waals surface area (Å²) in [4.78, 5) is 13.1. The third kappa shape index (κ3) is 10.9. The van der Waals surface area contributed by atoms with Crippen LogP contribution in [0.2, 0.25) is 23.2 Å². The van der Waals surface area contributed by atoms with Crippen molar-refractivity contribution in [2.45, 2.75) is 116 Å².